The van der Waals surface area contributed by atoms with Crippen LogP contribution in [0.15, 0.2) is 0 Å². The second kappa shape index (κ2) is 7.68. The molecule has 0 spiro atoms. The molecular weight excluding hydrogens is 264 g/mol. The van der Waals surface area contributed by atoms with E-state index in [0.717, 1.165) is 0 Å². The molecule has 0 aliphatic carbocycles. The fourth-order valence-electron chi connectivity index (χ4n) is 1.21. The first-order chi connectivity index (χ1) is 9.06. The summed E-state index contributed by atoms with van der Waals surface area (Å²) in [6, 6.07) is -1.72. The van der Waals surface area contributed by atoms with E-state index in [1.165, 1.54) is 0 Å². The van der Waals surface area contributed by atoms with Crippen LogP contribution in [0.1, 0.15) is 26.7 Å². The summed E-state index contributed by atoms with van der Waals surface area (Å²) >= 11 is 0. The van der Waals surface area contributed by atoms with Gasteiger partial charge >= 0.3 is 12.0 Å². The Bertz CT molecular complexity index is 368. The third-order valence-electron chi connectivity index (χ3n) is 3.18. The molecule has 0 aromatic rings. The third-order valence-corrected chi connectivity index (χ3v) is 3.18. The zero-order valence-electron chi connectivity index (χ0n) is 12.4. The Morgan fingerprint density at radius 3 is 2.25 bits per heavy atom. The molecule has 0 unspecified atom stereocenters. The highest BCUT2D eigenvalue weighted by Crippen LogP contribution is 2.07. The number of nitrogens with zero attached hydrogens (tertiary/aromatic N) is 1. The molecule has 0 heterocycles. The Balaban J connectivity index is 4.33. The van der Waals surface area contributed by atoms with Crippen molar-refractivity contribution in [3.8, 4) is 0 Å². The number of nitrogens with one attached hydrogen (secondary N) is 2. The van der Waals surface area contributed by atoms with Gasteiger partial charge in [0.05, 0.1) is 0 Å². The lowest BCUT2D eigenvalue weighted by atomic mass is 10.0. The van der Waals surface area contributed by atoms with Gasteiger partial charge in [0.25, 0.3) is 0 Å². The minimum absolute atomic E-state index is 0.0326. The van der Waals surface area contributed by atoms with Crippen molar-refractivity contribution in [2.75, 3.05) is 20.6 Å². The summed E-state index contributed by atoms with van der Waals surface area (Å²) < 4.78 is 0. The van der Waals surface area contributed by atoms with Crippen molar-refractivity contribution in [1.29, 1.82) is 0 Å². The first kappa shape index (κ1) is 18.2. The van der Waals surface area contributed by atoms with Gasteiger partial charge in [0, 0.05) is 18.5 Å². The van der Waals surface area contributed by atoms with Gasteiger partial charge in [0.1, 0.15) is 6.04 Å². The molecule has 116 valence electrons. The fraction of sp³-hybridized carbons (Fsp3) is 0.750. The largest absolute Gasteiger partial charge is 0.480 e. The van der Waals surface area contributed by atoms with E-state index in [-0.39, 0.29) is 18.4 Å². The van der Waals surface area contributed by atoms with Crippen molar-refractivity contribution < 1.29 is 19.5 Å². The predicted octanol–water partition coefficient (Wildman–Crippen LogP) is -0.655. The molecule has 0 saturated carbocycles. The predicted molar refractivity (Wildman–Crippen MR) is 74.2 cm³/mol. The van der Waals surface area contributed by atoms with Crippen molar-refractivity contribution in [2.24, 2.45) is 5.73 Å². The fourth-order valence-corrected chi connectivity index (χ4v) is 1.21. The van der Waals surface area contributed by atoms with E-state index >= 15 is 0 Å². The molecule has 3 amide bonds. The minimum Gasteiger partial charge on any atom is -0.480 e. The smallest absolute Gasteiger partial charge is 0.326 e. The zero-order valence-corrected chi connectivity index (χ0v) is 12.4. The molecule has 20 heavy (non-hydrogen) atoms. The number of carbonyl (C=O) groups is 3. The SMILES string of the molecule is CN(C)C(C)(C)CNC(=O)N[C@H](CCC(N)=O)C(=O)O. The lowest BCUT2D eigenvalue weighted by molar-refractivity contribution is -0.139. The van der Waals surface area contributed by atoms with Gasteiger partial charge in [-0.05, 0) is 34.4 Å². The van der Waals surface area contributed by atoms with Crippen LogP contribution in [0.3, 0.4) is 0 Å². The number of likely N-dealkylation sites (N-methyl/N-ethyl adjacent to an activating group) is 1. The van der Waals surface area contributed by atoms with E-state index < -0.39 is 23.9 Å². The van der Waals surface area contributed by atoms with Gasteiger partial charge in [0.15, 0.2) is 0 Å². The average molecular weight is 288 g/mol. The Labute approximate surface area is 118 Å². The van der Waals surface area contributed by atoms with Gasteiger partial charge in [-0.3, -0.25) is 4.79 Å². The minimum atomic E-state index is -1.20. The summed E-state index contributed by atoms with van der Waals surface area (Å²) in [5.41, 5.74) is 4.69. The number of primary amides is 1. The molecule has 0 aromatic heterocycles. The quantitative estimate of drug-likeness (QED) is 0.472. The Morgan fingerprint density at radius 1 is 1.30 bits per heavy atom. The molecule has 0 fully saturated rings. The average Bonchev–Trinajstić information content (AvgIpc) is 2.31. The van der Waals surface area contributed by atoms with E-state index in [9.17, 15) is 14.4 Å². The molecule has 0 aromatic carbocycles. The summed E-state index contributed by atoms with van der Waals surface area (Å²) in [4.78, 5) is 35.2. The normalized spacial score (nSPS) is 12.8. The van der Waals surface area contributed by atoms with E-state index in [2.05, 4.69) is 10.6 Å². The molecular formula is C12H24N4O4. The molecule has 5 N–H and O–H groups in total. The number of rotatable bonds is 8. The lowest BCUT2D eigenvalue weighted by Crippen LogP contribution is -2.53. The maximum Gasteiger partial charge on any atom is 0.326 e. The summed E-state index contributed by atoms with van der Waals surface area (Å²) in [5.74, 6) is -1.81. The number of aliphatic carboxylic acids is 1. The van der Waals surface area contributed by atoms with Crippen molar-refractivity contribution in [3.63, 3.8) is 0 Å². The number of nitrogens with two attached hydrogens (primary N) is 1. The van der Waals surface area contributed by atoms with Crippen LogP contribution in [0.5, 0.6) is 0 Å². The summed E-state index contributed by atoms with van der Waals surface area (Å²) in [7, 11) is 3.76. The van der Waals surface area contributed by atoms with Crippen LogP contribution in [0.4, 0.5) is 4.79 Å². The van der Waals surface area contributed by atoms with Gasteiger partial charge in [-0.15, -0.1) is 0 Å². The second-order valence-corrected chi connectivity index (χ2v) is 5.43. The van der Waals surface area contributed by atoms with Crippen LogP contribution in [0.2, 0.25) is 0 Å². The van der Waals surface area contributed by atoms with Crippen molar-refractivity contribution >= 4 is 17.9 Å². The van der Waals surface area contributed by atoms with Gasteiger partial charge in [-0.2, -0.15) is 0 Å². The van der Waals surface area contributed by atoms with Gasteiger partial charge in [0.2, 0.25) is 5.91 Å². The maximum atomic E-state index is 11.7. The Hall–Kier alpha value is -1.83. The van der Waals surface area contributed by atoms with Gasteiger partial charge < -0.3 is 26.4 Å². The summed E-state index contributed by atoms with van der Waals surface area (Å²) in [6.45, 7) is 4.23. The molecule has 0 rings (SSSR count). The molecule has 0 saturated heterocycles. The van der Waals surface area contributed by atoms with Gasteiger partial charge in [-0.25, -0.2) is 9.59 Å². The van der Waals surface area contributed by atoms with Crippen molar-refractivity contribution in [1.82, 2.24) is 15.5 Å². The third kappa shape index (κ3) is 6.93. The van der Waals surface area contributed by atoms with Gasteiger partial charge in [-0.1, -0.05) is 0 Å². The second-order valence-electron chi connectivity index (χ2n) is 5.43. The number of carbonyl (C=O) groups excluding carboxylic acids is 2. The van der Waals surface area contributed by atoms with Crippen LogP contribution in [-0.4, -0.2) is 60.1 Å². The highest BCUT2D eigenvalue weighted by Gasteiger charge is 2.24. The van der Waals surface area contributed by atoms with Crippen LogP contribution in [0.25, 0.3) is 0 Å². The van der Waals surface area contributed by atoms with Crippen LogP contribution >= 0.6 is 0 Å². The number of carboxylic acid groups (broad SMARTS) is 1. The highest BCUT2D eigenvalue weighted by atomic mass is 16.4. The lowest BCUT2D eigenvalue weighted by Gasteiger charge is -2.32. The van der Waals surface area contributed by atoms with Crippen LogP contribution in [-0.2, 0) is 9.59 Å². The summed E-state index contributed by atoms with van der Waals surface area (Å²) in [5, 5.41) is 13.9. The van der Waals surface area contributed by atoms with Crippen LogP contribution in [0, 0.1) is 0 Å². The van der Waals surface area contributed by atoms with E-state index in [1.54, 1.807) is 0 Å². The van der Waals surface area contributed by atoms with E-state index in [0.29, 0.717) is 6.54 Å². The maximum absolute atomic E-state index is 11.7. The molecule has 0 aliphatic heterocycles. The topological polar surface area (TPSA) is 125 Å². The monoisotopic (exact) mass is 288 g/mol. The van der Waals surface area contributed by atoms with E-state index in [1.807, 2.05) is 32.8 Å². The molecule has 8 heteroatoms. The number of amides is 3. The first-order valence-electron chi connectivity index (χ1n) is 6.29. The Morgan fingerprint density at radius 2 is 1.85 bits per heavy atom. The zero-order chi connectivity index (χ0) is 15.9. The number of urea groups is 1. The number of hydrogen-bond acceptors (Lipinski definition) is 4. The molecule has 0 bridgehead atoms. The molecule has 0 aliphatic rings. The molecule has 0 radical (unpaired) electrons. The molecule has 1 atom stereocenters. The van der Waals surface area contributed by atoms with E-state index in [4.69, 9.17) is 10.8 Å². The van der Waals surface area contributed by atoms with Crippen molar-refractivity contribution in [2.45, 2.75) is 38.3 Å². The number of hydrogen-bond donors (Lipinski definition) is 4. The molecule has 8 nitrogen and oxygen atoms in total. The number of carboxylic acids is 1. The summed E-state index contributed by atoms with van der Waals surface area (Å²) in [6.07, 6.45) is -0.129. The Kier molecular flexibility index (Phi) is 6.98. The van der Waals surface area contributed by atoms with Crippen LogP contribution < -0.4 is 16.4 Å². The van der Waals surface area contributed by atoms with Crippen molar-refractivity contribution in [3.05, 3.63) is 0 Å². The first-order valence-corrected chi connectivity index (χ1v) is 6.29. The highest BCUT2D eigenvalue weighted by molar-refractivity contribution is 5.83. The standard InChI is InChI=1S/C12H24N4O4/c1-12(2,16(3)4)7-14-11(20)15-8(10(18)19)5-6-9(13)17/h8H,5-7H2,1-4H3,(H2,13,17)(H,18,19)(H2,14,15,20)/t8-/m1/s1.